The second-order valence-corrected chi connectivity index (χ2v) is 6.93. The number of nitrogens with one attached hydrogen (secondary N) is 1. The van der Waals surface area contributed by atoms with Gasteiger partial charge in [0.2, 0.25) is 0 Å². The van der Waals surface area contributed by atoms with Crippen LogP contribution in [0.15, 0.2) is 42.5 Å². The lowest BCUT2D eigenvalue weighted by atomic mass is 10.2. The predicted octanol–water partition coefficient (Wildman–Crippen LogP) is 5.09. The summed E-state index contributed by atoms with van der Waals surface area (Å²) in [6.07, 6.45) is 0.975. The van der Waals surface area contributed by atoms with Crippen LogP contribution in [0.1, 0.15) is 25.8 Å². The van der Waals surface area contributed by atoms with Crippen LogP contribution in [0.4, 0.5) is 5.69 Å². The van der Waals surface area contributed by atoms with E-state index in [-0.39, 0.29) is 0 Å². The van der Waals surface area contributed by atoms with E-state index in [4.69, 9.17) is 27.9 Å². The molecule has 6 heteroatoms. The molecule has 0 heterocycles. The molecule has 0 unspecified atom stereocenters. The molecule has 2 aromatic rings. The smallest absolute Gasteiger partial charge is 0.300 e. The first-order chi connectivity index (χ1) is 13.5. The largest absolute Gasteiger partial charge is 0.494 e. The summed E-state index contributed by atoms with van der Waals surface area (Å²) in [6, 6.07) is 12.2. The molecule has 2 rings (SSSR count). The zero-order valence-electron chi connectivity index (χ0n) is 16.1. The number of benzene rings is 2. The first-order valence-electron chi connectivity index (χ1n) is 9.25. The lowest BCUT2D eigenvalue weighted by Gasteiger charge is -2.17. The van der Waals surface area contributed by atoms with E-state index in [9.17, 15) is 4.79 Å². The van der Waals surface area contributed by atoms with Crippen molar-refractivity contribution < 1.29 is 9.53 Å². The Morgan fingerprint density at radius 1 is 1.11 bits per heavy atom. The number of rotatable bonds is 8. The second kappa shape index (κ2) is 11.6. The predicted molar refractivity (Wildman–Crippen MR) is 116 cm³/mol. The first-order valence-corrected chi connectivity index (χ1v) is 10.0. The highest BCUT2D eigenvalue weighted by Crippen LogP contribution is 2.20. The van der Waals surface area contributed by atoms with E-state index in [0.29, 0.717) is 27.9 Å². The van der Waals surface area contributed by atoms with Crippen LogP contribution in [0.25, 0.3) is 0 Å². The molecule has 4 nitrogen and oxygen atoms in total. The Morgan fingerprint density at radius 3 is 2.46 bits per heavy atom. The fraction of sp³-hybridized carbons (Fsp3) is 0.318. The molecule has 0 spiro atoms. The Morgan fingerprint density at radius 2 is 1.82 bits per heavy atom. The number of hydrogen-bond acceptors (Lipinski definition) is 3. The maximum atomic E-state index is 12.0. The maximum Gasteiger partial charge on any atom is 0.300 e. The molecule has 0 saturated heterocycles. The number of amides is 1. The number of halogens is 2. The minimum absolute atomic E-state index is 0.412. The average Bonchev–Trinajstić information content (AvgIpc) is 2.69. The van der Waals surface area contributed by atoms with Gasteiger partial charge in [-0.25, -0.2) is 0 Å². The highest BCUT2D eigenvalue weighted by atomic mass is 35.5. The molecule has 0 aromatic heterocycles. The maximum absolute atomic E-state index is 12.0. The minimum Gasteiger partial charge on any atom is -0.494 e. The molecule has 28 heavy (non-hydrogen) atoms. The lowest BCUT2D eigenvalue weighted by molar-refractivity contribution is -0.111. The summed E-state index contributed by atoms with van der Waals surface area (Å²) in [5.74, 6) is 5.62. The van der Waals surface area contributed by atoms with Crippen molar-refractivity contribution in [2.75, 3.05) is 31.6 Å². The van der Waals surface area contributed by atoms with Crippen molar-refractivity contribution in [3.8, 4) is 17.6 Å². The van der Waals surface area contributed by atoms with E-state index in [1.807, 2.05) is 12.1 Å². The van der Waals surface area contributed by atoms with Crippen LogP contribution in [0.5, 0.6) is 5.75 Å². The van der Waals surface area contributed by atoms with Gasteiger partial charge in [0.15, 0.2) is 0 Å². The third kappa shape index (κ3) is 7.44. The SMILES string of the molecule is CCN(CC)CCCOc1ccc(NC(=O)C#Cc2ccc(Cl)cc2Cl)cc1. The normalized spacial score (nSPS) is 10.3. The highest BCUT2D eigenvalue weighted by Gasteiger charge is 2.02. The van der Waals surface area contributed by atoms with Gasteiger partial charge in [0, 0.05) is 28.7 Å². The van der Waals surface area contributed by atoms with Gasteiger partial charge in [-0.15, -0.1) is 0 Å². The molecule has 0 aliphatic rings. The Hall–Kier alpha value is -2.19. The number of ether oxygens (including phenoxy) is 1. The number of carbonyl (C=O) groups excluding carboxylic acids is 1. The van der Waals surface area contributed by atoms with E-state index < -0.39 is 5.91 Å². The molecule has 0 aliphatic carbocycles. The number of hydrogen-bond donors (Lipinski definition) is 1. The quantitative estimate of drug-likeness (QED) is 0.479. The topological polar surface area (TPSA) is 41.6 Å². The molecule has 1 amide bonds. The van der Waals surface area contributed by atoms with Crippen LogP contribution < -0.4 is 10.1 Å². The lowest BCUT2D eigenvalue weighted by Crippen LogP contribution is -2.25. The number of nitrogens with zero attached hydrogens (tertiary/aromatic N) is 1. The highest BCUT2D eigenvalue weighted by molar-refractivity contribution is 6.35. The van der Waals surface area contributed by atoms with Gasteiger partial charge in [0.25, 0.3) is 0 Å². The fourth-order valence-electron chi connectivity index (χ4n) is 2.53. The van der Waals surface area contributed by atoms with Crippen LogP contribution in [0, 0.1) is 11.8 Å². The van der Waals surface area contributed by atoms with Crippen molar-refractivity contribution in [1.82, 2.24) is 4.90 Å². The summed E-state index contributed by atoms with van der Waals surface area (Å²) < 4.78 is 5.74. The fourth-order valence-corrected chi connectivity index (χ4v) is 2.99. The summed E-state index contributed by atoms with van der Waals surface area (Å²) in [5, 5.41) is 3.66. The summed E-state index contributed by atoms with van der Waals surface area (Å²) >= 11 is 11.9. The Labute approximate surface area is 176 Å². The molecule has 0 saturated carbocycles. The molecule has 0 aliphatic heterocycles. The van der Waals surface area contributed by atoms with Crippen molar-refractivity contribution in [1.29, 1.82) is 0 Å². The second-order valence-electron chi connectivity index (χ2n) is 6.08. The van der Waals surface area contributed by atoms with Gasteiger partial charge in [0.05, 0.1) is 11.6 Å². The van der Waals surface area contributed by atoms with Crippen molar-refractivity contribution in [3.63, 3.8) is 0 Å². The summed E-state index contributed by atoms with van der Waals surface area (Å²) in [4.78, 5) is 14.4. The van der Waals surface area contributed by atoms with Gasteiger partial charge >= 0.3 is 5.91 Å². The van der Waals surface area contributed by atoms with Gasteiger partial charge in [-0.1, -0.05) is 43.0 Å². The molecule has 2 aromatic carbocycles. The molecule has 0 atom stereocenters. The molecule has 0 radical (unpaired) electrons. The standard InChI is InChI=1S/C22H24Cl2N2O2/c1-3-26(4-2)14-5-15-28-20-11-9-19(10-12-20)25-22(27)13-7-17-6-8-18(23)16-21(17)24/h6,8-12,16H,3-5,14-15H2,1-2H3,(H,25,27). The van der Waals surface area contributed by atoms with Gasteiger partial charge in [-0.2, -0.15) is 0 Å². The Bertz CT molecular complexity index is 838. The van der Waals surface area contributed by atoms with E-state index in [1.165, 1.54) is 0 Å². The van der Waals surface area contributed by atoms with Crippen LogP contribution in [-0.2, 0) is 4.79 Å². The zero-order valence-corrected chi connectivity index (χ0v) is 17.6. The monoisotopic (exact) mass is 418 g/mol. The third-order valence-electron chi connectivity index (χ3n) is 4.14. The van der Waals surface area contributed by atoms with E-state index in [2.05, 4.69) is 35.9 Å². The number of anilines is 1. The van der Waals surface area contributed by atoms with Gasteiger partial charge in [-0.05, 0) is 62.0 Å². The van der Waals surface area contributed by atoms with Gasteiger partial charge in [0.1, 0.15) is 5.75 Å². The molecule has 148 valence electrons. The summed E-state index contributed by atoms with van der Waals surface area (Å²) in [5.41, 5.74) is 1.20. The van der Waals surface area contributed by atoms with Crippen LogP contribution >= 0.6 is 23.2 Å². The van der Waals surface area contributed by atoms with Crippen LogP contribution in [-0.4, -0.2) is 37.0 Å². The van der Waals surface area contributed by atoms with Crippen molar-refractivity contribution in [2.24, 2.45) is 0 Å². The first kappa shape index (κ1) is 22.1. The number of carbonyl (C=O) groups is 1. The van der Waals surface area contributed by atoms with Gasteiger partial charge < -0.3 is 15.0 Å². The van der Waals surface area contributed by atoms with Crippen LogP contribution in [0.3, 0.4) is 0 Å². The van der Waals surface area contributed by atoms with E-state index in [1.54, 1.807) is 30.3 Å². The minimum atomic E-state index is -0.418. The molecular weight excluding hydrogens is 395 g/mol. The van der Waals surface area contributed by atoms with E-state index in [0.717, 1.165) is 31.8 Å². The third-order valence-corrected chi connectivity index (χ3v) is 4.68. The zero-order chi connectivity index (χ0) is 20.4. The molecular formula is C22H24Cl2N2O2. The van der Waals surface area contributed by atoms with Gasteiger partial charge in [-0.3, -0.25) is 4.79 Å². The summed E-state index contributed by atoms with van der Waals surface area (Å²) in [7, 11) is 0. The molecule has 1 N–H and O–H groups in total. The van der Waals surface area contributed by atoms with Crippen molar-refractivity contribution in [2.45, 2.75) is 20.3 Å². The Kier molecular flexibility index (Phi) is 9.16. The Balaban J connectivity index is 1.82. The van der Waals surface area contributed by atoms with Crippen molar-refractivity contribution in [3.05, 3.63) is 58.1 Å². The molecule has 0 bridgehead atoms. The van der Waals surface area contributed by atoms with E-state index >= 15 is 0 Å². The molecule has 0 fully saturated rings. The van der Waals surface area contributed by atoms with Crippen molar-refractivity contribution >= 4 is 34.8 Å². The average molecular weight is 419 g/mol. The summed E-state index contributed by atoms with van der Waals surface area (Å²) in [6.45, 7) is 8.11. The van der Waals surface area contributed by atoms with Crippen LogP contribution in [0.2, 0.25) is 10.0 Å².